The summed E-state index contributed by atoms with van der Waals surface area (Å²) >= 11 is 0. The Bertz CT molecular complexity index is 465. The second-order valence-electron chi connectivity index (χ2n) is 8.29. The summed E-state index contributed by atoms with van der Waals surface area (Å²) in [5.41, 5.74) is -0.795. The van der Waals surface area contributed by atoms with Gasteiger partial charge in [-0.05, 0) is 44.4 Å². The molecule has 2 heterocycles. The van der Waals surface area contributed by atoms with Crippen molar-refractivity contribution in [3.63, 3.8) is 0 Å². The number of hydrogen-bond acceptors (Lipinski definition) is 3. The third-order valence-corrected chi connectivity index (χ3v) is 6.23. The molecule has 1 saturated carbocycles. The normalized spacial score (nSPS) is 28.2. The number of carbonyl (C=O) groups excluding carboxylic acids is 2. The summed E-state index contributed by atoms with van der Waals surface area (Å²) in [6.07, 6.45) is 7.69. The molecule has 1 N–H and O–H groups in total. The Morgan fingerprint density at radius 1 is 1.00 bits per heavy atom. The molecule has 3 fully saturated rings. The quantitative estimate of drug-likeness (QED) is 0.859. The van der Waals surface area contributed by atoms with Gasteiger partial charge in [0.2, 0.25) is 11.8 Å². The Labute approximate surface area is 145 Å². The largest absolute Gasteiger partial charge is 0.389 e. The molecular weight excluding hydrogens is 304 g/mol. The standard InChI is InChI=1S/C19H32N2O3/c1-15-6-11-20(12-7-15)18(23)16-5-4-10-21(14-16)17(22)13-19(24)8-2-3-9-19/h15-16,24H,2-14H2,1H3/t16-/m0/s1. The lowest BCUT2D eigenvalue weighted by atomic mass is 9.92. The second kappa shape index (κ2) is 7.42. The molecule has 0 aromatic carbocycles. The number of likely N-dealkylation sites (tertiary alicyclic amines) is 2. The van der Waals surface area contributed by atoms with Gasteiger partial charge in [0.05, 0.1) is 17.9 Å². The summed E-state index contributed by atoms with van der Waals surface area (Å²) < 4.78 is 0. The zero-order chi connectivity index (χ0) is 17.2. The average molecular weight is 336 g/mol. The summed E-state index contributed by atoms with van der Waals surface area (Å²) in [6.45, 7) is 5.25. The van der Waals surface area contributed by atoms with E-state index < -0.39 is 5.60 Å². The number of nitrogens with zero attached hydrogens (tertiary/aromatic N) is 2. The Kier molecular flexibility index (Phi) is 5.48. The van der Waals surface area contributed by atoms with E-state index in [0.29, 0.717) is 12.5 Å². The van der Waals surface area contributed by atoms with Crippen molar-refractivity contribution in [1.29, 1.82) is 0 Å². The average Bonchev–Trinajstić information content (AvgIpc) is 3.01. The molecule has 0 aromatic heterocycles. The fourth-order valence-corrected chi connectivity index (χ4v) is 4.50. The van der Waals surface area contributed by atoms with Gasteiger partial charge in [-0.2, -0.15) is 0 Å². The van der Waals surface area contributed by atoms with Crippen LogP contribution in [0.15, 0.2) is 0 Å². The summed E-state index contributed by atoms with van der Waals surface area (Å²) in [7, 11) is 0. The zero-order valence-electron chi connectivity index (χ0n) is 15.0. The molecule has 0 aromatic rings. The number of aliphatic hydroxyl groups is 1. The minimum absolute atomic E-state index is 0.0316. The first-order chi connectivity index (χ1) is 11.5. The van der Waals surface area contributed by atoms with Crippen LogP contribution >= 0.6 is 0 Å². The maximum atomic E-state index is 12.8. The van der Waals surface area contributed by atoms with E-state index in [-0.39, 0.29) is 24.2 Å². The predicted molar refractivity (Wildman–Crippen MR) is 92.3 cm³/mol. The highest BCUT2D eigenvalue weighted by Crippen LogP contribution is 2.33. The molecule has 3 aliphatic rings. The molecule has 1 aliphatic carbocycles. The van der Waals surface area contributed by atoms with E-state index in [0.717, 1.165) is 71.0 Å². The SMILES string of the molecule is CC1CCN(C(=O)[C@H]2CCCN(C(=O)CC3(O)CCCC3)C2)CC1. The second-order valence-corrected chi connectivity index (χ2v) is 8.29. The van der Waals surface area contributed by atoms with Gasteiger partial charge >= 0.3 is 0 Å². The predicted octanol–water partition coefficient (Wildman–Crippen LogP) is 2.18. The summed E-state index contributed by atoms with van der Waals surface area (Å²) in [5.74, 6) is 0.933. The Balaban J connectivity index is 1.53. The van der Waals surface area contributed by atoms with Crippen LogP contribution in [0, 0.1) is 11.8 Å². The van der Waals surface area contributed by atoms with Crippen molar-refractivity contribution < 1.29 is 14.7 Å². The maximum Gasteiger partial charge on any atom is 0.227 e. The Morgan fingerprint density at radius 3 is 2.33 bits per heavy atom. The van der Waals surface area contributed by atoms with Gasteiger partial charge in [-0.3, -0.25) is 9.59 Å². The smallest absolute Gasteiger partial charge is 0.227 e. The zero-order valence-corrected chi connectivity index (χ0v) is 15.0. The van der Waals surface area contributed by atoms with Crippen LogP contribution in [0.2, 0.25) is 0 Å². The maximum absolute atomic E-state index is 12.8. The molecule has 136 valence electrons. The molecule has 3 rings (SSSR count). The molecule has 2 aliphatic heterocycles. The van der Waals surface area contributed by atoms with Gasteiger partial charge in [0.25, 0.3) is 0 Å². The Hall–Kier alpha value is -1.10. The Morgan fingerprint density at radius 2 is 1.67 bits per heavy atom. The number of rotatable bonds is 3. The monoisotopic (exact) mass is 336 g/mol. The van der Waals surface area contributed by atoms with Gasteiger partial charge in [0, 0.05) is 26.2 Å². The summed E-state index contributed by atoms with van der Waals surface area (Å²) in [6, 6.07) is 0. The van der Waals surface area contributed by atoms with Crippen LogP contribution in [0.25, 0.3) is 0 Å². The van der Waals surface area contributed by atoms with E-state index in [1.165, 1.54) is 0 Å². The molecule has 5 nitrogen and oxygen atoms in total. The number of hydrogen-bond donors (Lipinski definition) is 1. The van der Waals surface area contributed by atoms with E-state index in [1.807, 2.05) is 9.80 Å². The van der Waals surface area contributed by atoms with E-state index in [9.17, 15) is 14.7 Å². The molecule has 1 atom stereocenters. The van der Waals surface area contributed by atoms with Crippen molar-refractivity contribution in [3.8, 4) is 0 Å². The van der Waals surface area contributed by atoms with Crippen molar-refractivity contribution in [2.24, 2.45) is 11.8 Å². The minimum Gasteiger partial charge on any atom is -0.389 e. The topological polar surface area (TPSA) is 60.9 Å². The van der Waals surface area contributed by atoms with Crippen molar-refractivity contribution in [2.75, 3.05) is 26.2 Å². The van der Waals surface area contributed by atoms with Gasteiger partial charge in [-0.1, -0.05) is 19.8 Å². The van der Waals surface area contributed by atoms with Crippen molar-refractivity contribution in [1.82, 2.24) is 9.80 Å². The van der Waals surface area contributed by atoms with Crippen molar-refractivity contribution >= 4 is 11.8 Å². The molecule has 0 radical (unpaired) electrons. The van der Waals surface area contributed by atoms with Crippen molar-refractivity contribution in [2.45, 2.75) is 70.3 Å². The van der Waals surface area contributed by atoms with Gasteiger partial charge in [0.15, 0.2) is 0 Å². The van der Waals surface area contributed by atoms with Crippen LogP contribution in [0.3, 0.4) is 0 Å². The number of amides is 2. The number of piperidine rings is 2. The lowest BCUT2D eigenvalue weighted by Gasteiger charge is -2.38. The van der Waals surface area contributed by atoms with Crippen LogP contribution in [0.1, 0.15) is 64.7 Å². The first-order valence-corrected chi connectivity index (χ1v) is 9.76. The third kappa shape index (κ3) is 4.11. The highest BCUT2D eigenvalue weighted by atomic mass is 16.3. The third-order valence-electron chi connectivity index (χ3n) is 6.23. The molecule has 0 bridgehead atoms. The molecule has 0 spiro atoms. The molecule has 5 heteroatoms. The first kappa shape index (κ1) is 17.7. The molecule has 24 heavy (non-hydrogen) atoms. The van der Waals surface area contributed by atoms with Gasteiger partial charge in [-0.15, -0.1) is 0 Å². The van der Waals surface area contributed by atoms with Crippen LogP contribution in [-0.4, -0.2) is 58.5 Å². The lowest BCUT2D eigenvalue weighted by molar-refractivity contribution is -0.143. The van der Waals surface area contributed by atoms with E-state index >= 15 is 0 Å². The van der Waals surface area contributed by atoms with E-state index in [2.05, 4.69) is 6.92 Å². The van der Waals surface area contributed by atoms with Gasteiger partial charge in [-0.25, -0.2) is 0 Å². The minimum atomic E-state index is -0.795. The molecule has 2 amide bonds. The lowest BCUT2D eigenvalue weighted by Crippen LogP contribution is -2.49. The van der Waals surface area contributed by atoms with Crippen LogP contribution in [0.4, 0.5) is 0 Å². The summed E-state index contributed by atoms with van der Waals surface area (Å²) in [5, 5.41) is 10.5. The fourth-order valence-electron chi connectivity index (χ4n) is 4.50. The number of carbonyl (C=O) groups is 2. The van der Waals surface area contributed by atoms with Crippen molar-refractivity contribution in [3.05, 3.63) is 0 Å². The van der Waals surface area contributed by atoms with E-state index in [4.69, 9.17) is 0 Å². The van der Waals surface area contributed by atoms with Crippen LogP contribution in [0.5, 0.6) is 0 Å². The van der Waals surface area contributed by atoms with Gasteiger partial charge in [0.1, 0.15) is 0 Å². The first-order valence-electron chi connectivity index (χ1n) is 9.76. The summed E-state index contributed by atoms with van der Waals surface area (Å²) in [4.78, 5) is 29.2. The van der Waals surface area contributed by atoms with Crippen LogP contribution in [-0.2, 0) is 9.59 Å². The highest BCUT2D eigenvalue weighted by molar-refractivity contribution is 5.82. The van der Waals surface area contributed by atoms with E-state index in [1.54, 1.807) is 0 Å². The highest BCUT2D eigenvalue weighted by Gasteiger charge is 2.37. The molecule has 2 saturated heterocycles. The molecule has 0 unspecified atom stereocenters. The van der Waals surface area contributed by atoms with Crippen LogP contribution < -0.4 is 0 Å². The fraction of sp³-hybridized carbons (Fsp3) is 0.895. The van der Waals surface area contributed by atoms with Gasteiger partial charge < -0.3 is 14.9 Å². The molecular formula is C19H32N2O3.